The van der Waals surface area contributed by atoms with Gasteiger partial charge in [0.15, 0.2) is 11.5 Å². The van der Waals surface area contributed by atoms with Gasteiger partial charge in [0.25, 0.3) is 5.79 Å². The molecule has 7 rings (SSSR count). The lowest BCUT2D eigenvalue weighted by Crippen LogP contribution is -2.32. The number of rotatable bonds is 7. The number of hydrogen-bond donors (Lipinski definition) is 0. The predicted molar refractivity (Wildman–Crippen MR) is 156 cm³/mol. The average Bonchev–Trinajstić information content (AvgIpc) is 3.51. The Morgan fingerprint density at radius 2 is 1.95 bits per heavy atom. The summed E-state index contributed by atoms with van der Waals surface area (Å²) < 4.78 is 39.8. The zero-order valence-electron chi connectivity index (χ0n) is 23.3. The van der Waals surface area contributed by atoms with Crippen molar-refractivity contribution in [2.24, 2.45) is 0 Å². The Morgan fingerprint density at radius 3 is 2.67 bits per heavy atom. The van der Waals surface area contributed by atoms with Crippen LogP contribution in [0.5, 0.6) is 11.5 Å². The van der Waals surface area contributed by atoms with Gasteiger partial charge in [-0.2, -0.15) is 0 Å². The predicted octanol–water partition coefficient (Wildman–Crippen LogP) is 6.10. The van der Waals surface area contributed by atoms with Crippen molar-refractivity contribution in [3.8, 4) is 22.6 Å². The fraction of sp³-hybridized carbons (Fsp3) is 0.250. The van der Waals surface area contributed by atoms with E-state index in [0.29, 0.717) is 47.0 Å². The van der Waals surface area contributed by atoms with Crippen molar-refractivity contribution < 1.29 is 28.1 Å². The first-order valence-electron chi connectivity index (χ1n) is 13.8. The van der Waals surface area contributed by atoms with Crippen LogP contribution in [-0.2, 0) is 28.2 Å². The Morgan fingerprint density at radius 1 is 1.14 bits per heavy atom. The van der Waals surface area contributed by atoms with Crippen molar-refractivity contribution in [3.63, 3.8) is 0 Å². The molecule has 2 atom stereocenters. The maximum atomic E-state index is 14.8. The van der Waals surface area contributed by atoms with Crippen LogP contribution in [0.15, 0.2) is 67.0 Å². The van der Waals surface area contributed by atoms with Gasteiger partial charge in [-0.05, 0) is 48.9 Å². The quantitative estimate of drug-likeness (QED) is 0.207. The molecule has 5 aromatic rings. The van der Waals surface area contributed by atoms with Crippen LogP contribution in [0.25, 0.3) is 22.2 Å². The van der Waals surface area contributed by atoms with Crippen LogP contribution in [0, 0.1) is 5.82 Å². The number of halogens is 2. The third kappa shape index (κ3) is 4.96. The van der Waals surface area contributed by atoms with E-state index in [9.17, 15) is 9.18 Å². The second kappa shape index (κ2) is 10.6. The van der Waals surface area contributed by atoms with E-state index in [2.05, 4.69) is 14.5 Å². The highest BCUT2D eigenvalue weighted by molar-refractivity contribution is 6.30. The number of imidazole rings is 1. The minimum atomic E-state index is -1.37. The maximum absolute atomic E-state index is 14.8. The number of benzene rings is 3. The number of carbonyl (C=O) groups is 1. The van der Waals surface area contributed by atoms with Gasteiger partial charge in [-0.3, -0.25) is 0 Å². The van der Waals surface area contributed by atoms with E-state index >= 15 is 0 Å². The van der Waals surface area contributed by atoms with Crippen molar-refractivity contribution in [1.29, 1.82) is 0 Å². The Bertz CT molecular complexity index is 1870. The van der Waals surface area contributed by atoms with Crippen molar-refractivity contribution in [3.05, 3.63) is 101 Å². The second-order valence-corrected chi connectivity index (χ2v) is 11.0. The fourth-order valence-electron chi connectivity index (χ4n) is 5.44. The minimum Gasteiger partial charge on any atom is -0.465 e. The summed E-state index contributed by atoms with van der Waals surface area (Å²) in [6, 6.07) is 15.2. The molecular weight excluding hydrogens is 575 g/mol. The van der Waals surface area contributed by atoms with Gasteiger partial charge in [-0.25, -0.2) is 24.1 Å². The number of aromatic nitrogens is 4. The highest BCUT2D eigenvalue weighted by atomic mass is 35.5. The van der Waals surface area contributed by atoms with E-state index in [1.165, 1.54) is 13.2 Å². The molecule has 2 aromatic heterocycles. The molecule has 0 amide bonds. The monoisotopic (exact) mass is 600 g/mol. The van der Waals surface area contributed by atoms with Crippen LogP contribution < -0.4 is 9.47 Å². The van der Waals surface area contributed by atoms with Crippen LogP contribution >= 0.6 is 11.6 Å². The Kier molecular flexibility index (Phi) is 6.75. The maximum Gasteiger partial charge on any atom is 0.337 e. The molecule has 11 heteroatoms. The molecule has 3 aromatic carbocycles. The number of esters is 1. The molecule has 0 bridgehead atoms. The number of hydrogen-bond acceptors (Lipinski definition) is 8. The molecule has 0 N–H and O–H groups in total. The highest BCUT2D eigenvalue weighted by Gasteiger charge is 2.42. The highest BCUT2D eigenvalue weighted by Crippen LogP contribution is 2.49. The van der Waals surface area contributed by atoms with E-state index in [-0.39, 0.29) is 16.7 Å². The van der Waals surface area contributed by atoms with Crippen molar-refractivity contribution >= 4 is 28.6 Å². The van der Waals surface area contributed by atoms with Crippen molar-refractivity contribution in [2.45, 2.75) is 38.2 Å². The molecule has 1 fully saturated rings. The van der Waals surface area contributed by atoms with Gasteiger partial charge >= 0.3 is 5.97 Å². The smallest absolute Gasteiger partial charge is 0.337 e. The fourth-order valence-corrected chi connectivity index (χ4v) is 5.60. The summed E-state index contributed by atoms with van der Waals surface area (Å²) in [5, 5.41) is 0.288. The number of ether oxygens (including phenoxy) is 4. The van der Waals surface area contributed by atoms with Gasteiger partial charge in [-0.1, -0.05) is 23.7 Å². The molecule has 1 saturated heterocycles. The first-order valence-corrected chi connectivity index (χ1v) is 14.2. The molecule has 0 aliphatic carbocycles. The second-order valence-electron chi connectivity index (χ2n) is 10.6. The first-order chi connectivity index (χ1) is 20.8. The average molecular weight is 601 g/mol. The molecule has 2 aliphatic rings. The molecule has 43 heavy (non-hydrogen) atoms. The van der Waals surface area contributed by atoms with Gasteiger partial charge in [0.05, 0.1) is 48.3 Å². The van der Waals surface area contributed by atoms with E-state index in [1.807, 2.05) is 18.2 Å². The third-order valence-electron chi connectivity index (χ3n) is 7.76. The minimum absolute atomic E-state index is 0.0793. The van der Waals surface area contributed by atoms with Crippen LogP contribution in [0.2, 0.25) is 5.02 Å². The van der Waals surface area contributed by atoms with E-state index in [4.69, 9.17) is 35.5 Å². The van der Waals surface area contributed by atoms with Crippen molar-refractivity contribution in [2.75, 3.05) is 13.7 Å². The summed E-state index contributed by atoms with van der Waals surface area (Å²) >= 11 is 5.95. The normalized spacial score (nSPS) is 18.9. The summed E-state index contributed by atoms with van der Waals surface area (Å²) in [7, 11) is 1.36. The number of fused-ring (bicyclic) bond motifs is 2. The summed E-state index contributed by atoms with van der Waals surface area (Å²) in [4.78, 5) is 26.3. The topological polar surface area (TPSA) is 97.6 Å². The number of carbonyl (C=O) groups excluding carboxylic acids is 1. The SMILES string of the molecule is COC(=O)c1ccc2nc(Cc3ncc(-c4cccc5c4OC(C)(c4ccc(Cl)cc4F)O5)cn3)n(CC3CCO3)c2c1. The lowest BCUT2D eigenvalue weighted by molar-refractivity contribution is -0.0705. The van der Waals surface area contributed by atoms with Gasteiger partial charge in [-0.15, -0.1) is 0 Å². The van der Waals surface area contributed by atoms with Gasteiger partial charge in [0, 0.05) is 42.1 Å². The number of methoxy groups -OCH3 is 1. The van der Waals surface area contributed by atoms with E-state index in [0.717, 1.165) is 29.9 Å². The van der Waals surface area contributed by atoms with E-state index in [1.54, 1.807) is 49.6 Å². The molecule has 4 heterocycles. The number of nitrogens with zero attached hydrogens (tertiary/aromatic N) is 4. The Balaban J connectivity index is 1.17. The zero-order valence-corrected chi connectivity index (χ0v) is 24.1. The summed E-state index contributed by atoms with van der Waals surface area (Å²) in [5.74, 6) is -0.00984. The molecule has 2 unspecified atom stereocenters. The van der Waals surface area contributed by atoms with E-state index < -0.39 is 17.6 Å². The zero-order chi connectivity index (χ0) is 29.7. The standard InChI is InChI=1S/C32H26ClFN4O5/c1-32(23-8-7-20(33)13-24(23)34)42-27-5-3-4-22(30(27)43-32)19-15-35-28(36-16-19)14-29-37-25-9-6-18(31(39)40-2)12-26(25)38(29)17-21-10-11-41-21/h3-9,12-13,15-16,21H,10-11,14,17H2,1-2H3. The number of para-hydroxylation sites is 1. The Labute approximate surface area is 251 Å². The largest absolute Gasteiger partial charge is 0.465 e. The molecule has 0 radical (unpaired) electrons. The molecule has 9 nitrogen and oxygen atoms in total. The Hall–Kier alpha value is -4.54. The van der Waals surface area contributed by atoms with Crippen molar-refractivity contribution in [1.82, 2.24) is 19.5 Å². The molecule has 0 spiro atoms. The lowest BCUT2D eigenvalue weighted by atomic mass is 10.1. The van der Waals surface area contributed by atoms with Gasteiger partial charge < -0.3 is 23.5 Å². The molecule has 0 saturated carbocycles. The molecule has 218 valence electrons. The van der Waals surface area contributed by atoms with Crippen LogP contribution in [0.3, 0.4) is 0 Å². The molecule has 2 aliphatic heterocycles. The summed E-state index contributed by atoms with van der Waals surface area (Å²) in [6.07, 6.45) is 4.85. The third-order valence-corrected chi connectivity index (χ3v) is 8.00. The lowest BCUT2D eigenvalue weighted by Gasteiger charge is -2.27. The molecular formula is C32H26ClFN4O5. The van der Waals surface area contributed by atoms with Crippen LogP contribution in [0.1, 0.15) is 40.9 Å². The first kappa shape index (κ1) is 27.3. The van der Waals surface area contributed by atoms with Crippen LogP contribution in [-0.4, -0.2) is 45.3 Å². The van der Waals surface area contributed by atoms with Gasteiger partial charge in [0.1, 0.15) is 17.5 Å². The summed E-state index contributed by atoms with van der Waals surface area (Å²) in [6.45, 7) is 3.00. The van der Waals surface area contributed by atoms with Crippen LogP contribution in [0.4, 0.5) is 4.39 Å². The summed E-state index contributed by atoms with van der Waals surface area (Å²) in [5.41, 5.74) is 3.70. The van der Waals surface area contributed by atoms with Gasteiger partial charge in [0.2, 0.25) is 0 Å².